The number of hydrogen-bond donors (Lipinski definition) is 2. The number of aromatic hydroxyl groups is 1. The summed E-state index contributed by atoms with van der Waals surface area (Å²) in [7, 11) is 1.49. The van der Waals surface area contributed by atoms with Gasteiger partial charge in [0.15, 0.2) is 0 Å². The van der Waals surface area contributed by atoms with E-state index in [2.05, 4.69) is 10.3 Å². The predicted octanol–water partition coefficient (Wildman–Crippen LogP) is 3.35. The third kappa shape index (κ3) is 3.90. The number of carbonyl (C=O) groups is 1. The van der Waals surface area contributed by atoms with Crippen molar-refractivity contribution in [3.05, 3.63) is 52.6 Å². The number of aliphatic imine (C=N–C) groups is 1. The molecule has 0 unspecified atom stereocenters. The molecule has 2 N–H and O–H groups in total. The van der Waals surface area contributed by atoms with Crippen molar-refractivity contribution in [1.29, 1.82) is 5.26 Å². The first-order valence-electron chi connectivity index (χ1n) is 7.22. The van der Waals surface area contributed by atoms with Crippen molar-refractivity contribution >= 4 is 18.0 Å². The second kappa shape index (κ2) is 7.29. The van der Waals surface area contributed by atoms with Crippen molar-refractivity contribution in [3.63, 3.8) is 0 Å². The Balaban J connectivity index is 2.33. The van der Waals surface area contributed by atoms with Crippen LogP contribution in [-0.2, 0) is 0 Å². The van der Waals surface area contributed by atoms with Gasteiger partial charge < -0.3 is 15.2 Å². The number of aryl methyl sites for hydroxylation is 2. The topological polar surface area (TPSA) is 94.7 Å². The Labute approximate surface area is 140 Å². The molecule has 0 spiro atoms. The summed E-state index contributed by atoms with van der Waals surface area (Å²) >= 11 is 0. The SMILES string of the molecule is CNC(=O)Oc1cc(C)c(N=Cc2cc(C#N)ccc2O)c(C)c1. The maximum Gasteiger partial charge on any atom is 0.412 e. The molecule has 2 aromatic carbocycles. The summed E-state index contributed by atoms with van der Waals surface area (Å²) in [6.07, 6.45) is 0.966. The van der Waals surface area contributed by atoms with Crippen LogP contribution in [0.2, 0.25) is 0 Å². The van der Waals surface area contributed by atoms with Crippen molar-refractivity contribution in [2.75, 3.05) is 7.05 Å². The molecule has 0 saturated heterocycles. The van der Waals surface area contributed by atoms with E-state index in [9.17, 15) is 9.90 Å². The van der Waals surface area contributed by atoms with Crippen molar-refractivity contribution in [1.82, 2.24) is 5.32 Å². The predicted molar refractivity (Wildman–Crippen MR) is 91.1 cm³/mol. The molecule has 0 radical (unpaired) electrons. The molecule has 0 aliphatic carbocycles. The number of amides is 1. The van der Waals surface area contributed by atoms with E-state index in [1.165, 1.54) is 25.4 Å². The number of phenolic OH excluding ortho intramolecular Hbond substituents is 1. The third-order valence-electron chi connectivity index (χ3n) is 3.37. The highest BCUT2D eigenvalue weighted by molar-refractivity contribution is 5.86. The van der Waals surface area contributed by atoms with Crippen LogP contribution >= 0.6 is 0 Å². The van der Waals surface area contributed by atoms with Gasteiger partial charge in [0.1, 0.15) is 11.5 Å². The van der Waals surface area contributed by atoms with E-state index >= 15 is 0 Å². The Kier molecular flexibility index (Phi) is 5.17. The molecule has 0 aromatic heterocycles. The van der Waals surface area contributed by atoms with Gasteiger partial charge in [0.25, 0.3) is 0 Å². The first kappa shape index (κ1) is 17.0. The van der Waals surface area contributed by atoms with Gasteiger partial charge in [0.2, 0.25) is 0 Å². The summed E-state index contributed by atoms with van der Waals surface area (Å²) in [5.41, 5.74) is 3.25. The zero-order valence-electron chi connectivity index (χ0n) is 13.6. The maximum atomic E-state index is 11.3. The van der Waals surface area contributed by atoms with Gasteiger partial charge in [0, 0.05) is 18.8 Å². The van der Waals surface area contributed by atoms with Gasteiger partial charge in [-0.05, 0) is 55.3 Å². The molecule has 24 heavy (non-hydrogen) atoms. The van der Waals surface area contributed by atoms with Crippen LogP contribution < -0.4 is 10.1 Å². The summed E-state index contributed by atoms with van der Waals surface area (Å²) in [6.45, 7) is 3.70. The molecule has 0 fully saturated rings. The number of nitrogens with zero attached hydrogens (tertiary/aromatic N) is 2. The monoisotopic (exact) mass is 323 g/mol. The molecule has 2 aromatic rings. The normalized spacial score (nSPS) is 10.4. The van der Waals surface area contributed by atoms with Gasteiger partial charge in [0.05, 0.1) is 17.3 Å². The molecule has 0 aliphatic rings. The van der Waals surface area contributed by atoms with Crippen LogP contribution in [0.25, 0.3) is 0 Å². The van der Waals surface area contributed by atoms with Crippen LogP contribution in [0.1, 0.15) is 22.3 Å². The Hall–Kier alpha value is -3.33. The number of rotatable bonds is 3. The van der Waals surface area contributed by atoms with Crippen LogP contribution in [-0.4, -0.2) is 24.5 Å². The van der Waals surface area contributed by atoms with Crippen LogP contribution in [0.15, 0.2) is 35.3 Å². The summed E-state index contributed by atoms with van der Waals surface area (Å²) in [5.74, 6) is 0.477. The second-order valence-corrected chi connectivity index (χ2v) is 5.19. The minimum atomic E-state index is -0.539. The van der Waals surface area contributed by atoms with E-state index in [-0.39, 0.29) is 5.75 Å². The highest BCUT2D eigenvalue weighted by Crippen LogP contribution is 2.29. The van der Waals surface area contributed by atoms with Crippen molar-refractivity contribution in [3.8, 4) is 17.6 Å². The highest BCUT2D eigenvalue weighted by Gasteiger charge is 2.08. The number of ether oxygens (including phenoxy) is 1. The van der Waals surface area contributed by atoms with E-state index in [0.29, 0.717) is 22.6 Å². The first-order valence-corrected chi connectivity index (χ1v) is 7.22. The van der Waals surface area contributed by atoms with Gasteiger partial charge in [-0.25, -0.2) is 4.79 Å². The standard InChI is InChI=1S/C18H17N3O3/c1-11-6-15(24-18(23)20-3)7-12(2)17(11)21-10-14-8-13(9-19)4-5-16(14)22/h4-8,10,22H,1-3H3,(H,20,23). The van der Waals surface area contributed by atoms with Crippen LogP contribution in [0.5, 0.6) is 11.5 Å². The first-order chi connectivity index (χ1) is 11.4. The maximum absolute atomic E-state index is 11.3. The fraction of sp³-hybridized carbons (Fsp3) is 0.167. The van der Waals surface area contributed by atoms with Gasteiger partial charge in [-0.3, -0.25) is 4.99 Å². The minimum absolute atomic E-state index is 0.0487. The van der Waals surface area contributed by atoms with E-state index in [1.54, 1.807) is 18.2 Å². The van der Waals surface area contributed by atoms with Crippen LogP contribution in [0, 0.1) is 25.2 Å². The fourth-order valence-electron chi connectivity index (χ4n) is 2.20. The van der Waals surface area contributed by atoms with E-state index in [4.69, 9.17) is 10.00 Å². The molecule has 0 bridgehead atoms. The largest absolute Gasteiger partial charge is 0.507 e. The number of hydrogen-bond acceptors (Lipinski definition) is 5. The summed E-state index contributed by atoms with van der Waals surface area (Å²) in [6, 6.07) is 9.99. The molecule has 0 aliphatic heterocycles. The van der Waals surface area contributed by atoms with E-state index in [1.807, 2.05) is 19.9 Å². The molecule has 122 valence electrons. The van der Waals surface area contributed by atoms with Crippen LogP contribution in [0.4, 0.5) is 10.5 Å². The summed E-state index contributed by atoms with van der Waals surface area (Å²) in [5, 5.41) is 21.2. The molecular weight excluding hydrogens is 306 g/mol. The van der Waals surface area contributed by atoms with Crippen LogP contribution in [0.3, 0.4) is 0 Å². The van der Waals surface area contributed by atoms with Crippen molar-refractivity contribution in [2.45, 2.75) is 13.8 Å². The van der Waals surface area contributed by atoms with Gasteiger partial charge >= 0.3 is 6.09 Å². The molecule has 6 heteroatoms. The number of nitriles is 1. The molecule has 0 saturated carbocycles. The lowest BCUT2D eigenvalue weighted by atomic mass is 10.1. The number of carbonyl (C=O) groups excluding carboxylic acids is 1. The van der Waals surface area contributed by atoms with Crippen molar-refractivity contribution in [2.24, 2.45) is 4.99 Å². The summed E-state index contributed by atoms with van der Waals surface area (Å²) in [4.78, 5) is 15.7. The van der Waals surface area contributed by atoms with E-state index in [0.717, 1.165) is 11.1 Å². The van der Waals surface area contributed by atoms with Gasteiger partial charge in [-0.2, -0.15) is 5.26 Å². The number of benzene rings is 2. The lowest BCUT2D eigenvalue weighted by Crippen LogP contribution is -2.22. The number of phenols is 1. The fourth-order valence-corrected chi connectivity index (χ4v) is 2.20. The number of nitrogens with one attached hydrogen (secondary N) is 1. The average molecular weight is 323 g/mol. The summed E-state index contributed by atoms with van der Waals surface area (Å²) < 4.78 is 5.11. The zero-order chi connectivity index (χ0) is 17.7. The average Bonchev–Trinajstić information content (AvgIpc) is 2.55. The Morgan fingerprint density at radius 3 is 2.54 bits per heavy atom. The molecule has 2 rings (SSSR count). The molecule has 6 nitrogen and oxygen atoms in total. The van der Waals surface area contributed by atoms with E-state index < -0.39 is 6.09 Å². The highest BCUT2D eigenvalue weighted by atomic mass is 16.5. The Morgan fingerprint density at radius 1 is 1.29 bits per heavy atom. The second-order valence-electron chi connectivity index (χ2n) is 5.19. The molecular formula is C18H17N3O3. The molecule has 1 amide bonds. The lowest BCUT2D eigenvalue weighted by molar-refractivity contribution is 0.203. The Morgan fingerprint density at radius 2 is 1.96 bits per heavy atom. The third-order valence-corrected chi connectivity index (χ3v) is 3.37. The molecule has 0 atom stereocenters. The molecule has 0 heterocycles. The lowest BCUT2D eigenvalue weighted by Gasteiger charge is -2.09. The quantitative estimate of drug-likeness (QED) is 0.847. The Bertz CT molecular complexity index is 828. The van der Waals surface area contributed by atoms with Gasteiger partial charge in [-0.15, -0.1) is 0 Å². The van der Waals surface area contributed by atoms with Crippen molar-refractivity contribution < 1.29 is 14.6 Å². The smallest absolute Gasteiger partial charge is 0.412 e. The zero-order valence-corrected chi connectivity index (χ0v) is 13.6. The minimum Gasteiger partial charge on any atom is -0.507 e. The van der Waals surface area contributed by atoms with Gasteiger partial charge in [-0.1, -0.05) is 0 Å².